The molecule has 2 heterocycles. The third-order valence-corrected chi connectivity index (χ3v) is 5.48. The fourth-order valence-corrected chi connectivity index (χ4v) is 4.14. The van der Waals surface area contributed by atoms with Crippen LogP contribution in [0.1, 0.15) is 30.5 Å². The molecule has 0 spiro atoms. The van der Waals surface area contributed by atoms with Crippen molar-refractivity contribution < 1.29 is 9.47 Å². The second-order valence-electron chi connectivity index (χ2n) is 7.08. The highest BCUT2D eigenvalue weighted by Crippen LogP contribution is 2.39. The van der Waals surface area contributed by atoms with Crippen molar-refractivity contribution in [2.24, 2.45) is 5.92 Å². The second kappa shape index (κ2) is 7.08. The minimum Gasteiger partial charge on any atom is -0.493 e. The lowest BCUT2D eigenvalue weighted by atomic mass is 9.99. The zero-order chi connectivity index (χ0) is 17.2. The summed E-state index contributed by atoms with van der Waals surface area (Å²) in [5.41, 5.74) is 4.87. The molecule has 5 nitrogen and oxygen atoms in total. The first-order valence-corrected chi connectivity index (χ1v) is 9.32. The number of aryl methyl sites for hydroxylation is 1. The molecular weight excluding hydrogens is 314 g/mol. The Morgan fingerprint density at radius 2 is 2.00 bits per heavy atom. The molecule has 1 fully saturated rings. The maximum Gasteiger partial charge on any atom is 0.162 e. The maximum absolute atomic E-state index is 5.52. The molecule has 0 bridgehead atoms. The number of aromatic nitrogens is 1. The first-order chi connectivity index (χ1) is 12.3. The molecule has 0 radical (unpaired) electrons. The summed E-state index contributed by atoms with van der Waals surface area (Å²) in [5.74, 6) is 2.19. The molecule has 0 unspecified atom stereocenters. The number of hydrogen-bond donors (Lipinski definition) is 2. The number of hydrogen-bond acceptors (Lipinski definition) is 5. The number of pyridine rings is 1. The van der Waals surface area contributed by atoms with Gasteiger partial charge in [0.05, 0.1) is 19.7 Å². The molecule has 1 aliphatic heterocycles. The lowest BCUT2D eigenvalue weighted by molar-refractivity contribution is 0.356. The van der Waals surface area contributed by atoms with Gasteiger partial charge in [-0.1, -0.05) is 0 Å². The van der Waals surface area contributed by atoms with Crippen LogP contribution in [-0.4, -0.2) is 38.8 Å². The molecular formula is C20H27N3O2. The Balaban J connectivity index is 1.74. The highest BCUT2D eigenvalue weighted by molar-refractivity contribution is 5.96. The van der Waals surface area contributed by atoms with Gasteiger partial charge < -0.3 is 20.1 Å². The van der Waals surface area contributed by atoms with Crippen molar-refractivity contribution in [1.82, 2.24) is 10.3 Å². The summed E-state index contributed by atoms with van der Waals surface area (Å²) in [7, 11) is 3.36. The van der Waals surface area contributed by atoms with Crippen LogP contribution in [0.5, 0.6) is 11.5 Å². The highest BCUT2D eigenvalue weighted by Gasteiger charge is 2.22. The number of nitrogens with zero attached hydrogens (tertiary/aromatic N) is 1. The fourth-order valence-electron chi connectivity index (χ4n) is 4.14. The van der Waals surface area contributed by atoms with Crippen LogP contribution in [0.15, 0.2) is 12.1 Å². The van der Waals surface area contributed by atoms with Crippen molar-refractivity contribution in [3.63, 3.8) is 0 Å². The van der Waals surface area contributed by atoms with E-state index in [0.29, 0.717) is 5.92 Å². The van der Waals surface area contributed by atoms with E-state index in [1.165, 1.54) is 36.2 Å². The van der Waals surface area contributed by atoms with Crippen LogP contribution in [0.4, 0.5) is 5.69 Å². The molecule has 1 aromatic heterocycles. The van der Waals surface area contributed by atoms with Crippen molar-refractivity contribution in [3.8, 4) is 11.5 Å². The average molecular weight is 341 g/mol. The Hall–Kier alpha value is -2.01. The van der Waals surface area contributed by atoms with Gasteiger partial charge in [-0.05, 0) is 62.7 Å². The van der Waals surface area contributed by atoms with E-state index in [0.717, 1.165) is 54.9 Å². The summed E-state index contributed by atoms with van der Waals surface area (Å²) in [4.78, 5) is 4.91. The number of fused-ring (bicyclic) bond motifs is 2. The normalized spacial score (nSPS) is 19.7. The Morgan fingerprint density at radius 1 is 1.16 bits per heavy atom. The van der Waals surface area contributed by atoms with Gasteiger partial charge in [0.15, 0.2) is 11.5 Å². The van der Waals surface area contributed by atoms with Crippen LogP contribution < -0.4 is 20.1 Å². The number of anilines is 1. The molecule has 1 saturated heterocycles. The lowest BCUT2D eigenvalue weighted by Crippen LogP contribution is -2.33. The van der Waals surface area contributed by atoms with E-state index in [4.69, 9.17) is 14.5 Å². The molecule has 2 aliphatic rings. The molecule has 1 aromatic carbocycles. The lowest BCUT2D eigenvalue weighted by Gasteiger charge is -2.24. The van der Waals surface area contributed by atoms with E-state index in [1.54, 1.807) is 14.2 Å². The van der Waals surface area contributed by atoms with E-state index >= 15 is 0 Å². The van der Waals surface area contributed by atoms with Crippen LogP contribution in [0.3, 0.4) is 0 Å². The quantitative estimate of drug-likeness (QED) is 0.875. The summed E-state index contributed by atoms with van der Waals surface area (Å²) >= 11 is 0. The van der Waals surface area contributed by atoms with Crippen LogP contribution in [0.2, 0.25) is 0 Å². The van der Waals surface area contributed by atoms with Gasteiger partial charge in [-0.15, -0.1) is 0 Å². The summed E-state index contributed by atoms with van der Waals surface area (Å²) in [6, 6.07) is 4.07. The molecule has 1 aliphatic carbocycles. The summed E-state index contributed by atoms with van der Waals surface area (Å²) < 4.78 is 11.0. The third kappa shape index (κ3) is 3.13. The molecule has 2 aromatic rings. The van der Waals surface area contributed by atoms with E-state index in [2.05, 4.69) is 16.7 Å². The van der Waals surface area contributed by atoms with Crippen LogP contribution >= 0.6 is 0 Å². The second-order valence-corrected chi connectivity index (χ2v) is 7.08. The number of piperidine rings is 1. The van der Waals surface area contributed by atoms with E-state index < -0.39 is 0 Å². The SMILES string of the molecule is COc1cc2nc3c(c(NC[C@H]4CCCNC4)c2cc1OC)CCC3. The van der Waals surface area contributed by atoms with Gasteiger partial charge in [0.1, 0.15) is 0 Å². The Bertz CT molecular complexity index is 769. The van der Waals surface area contributed by atoms with Crippen molar-refractivity contribution in [2.75, 3.05) is 39.2 Å². The number of nitrogens with one attached hydrogen (secondary N) is 2. The molecule has 4 rings (SSSR count). The predicted octanol–water partition coefficient (Wildman–Crippen LogP) is 3.15. The zero-order valence-electron chi connectivity index (χ0n) is 15.2. The van der Waals surface area contributed by atoms with Gasteiger partial charge in [0, 0.05) is 29.4 Å². The van der Waals surface area contributed by atoms with Crippen LogP contribution in [-0.2, 0) is 12.8 Å². The van der Waals surface area contributed by atoms with E-state index in [1.807, 2.05) is 6.07 Å². The van der Waals surface area contributed by atoms with E-state index in [9.17, 15) is 0 Å². The largest absolute Gasteiger partial charge is 0.493 e. The molecule has 0 amide bonds. The van der Waals surface area contributed by atoms with Crippen LogP contribution in [0, 0.1) is 5.92 Å². The standard InChI is InChI=1S/C20H27N3O2/c1-24-18-9-15-17(10-19(18)25-2)23-16-7-3-6-14(16)20(15)22-12-13-5-4-8-21-11-13/h9-10,13,21H,3-8,11-12H2,1-2H3,(H,22,23)/t13-/m0/s1. The monoisotopic (exact) mass is 341 g/mol. The number of benzene rings is 1. The minimum atomic E-state index is 0.689. The van der Waals surface area contributed by atoms with Crippen LogP contribution in [0.25, 0.3) is 10.9 Å². The average Bonchev–Trinajstić information content (AvgIpc) is 3.13. The zero-order valence-corrected chi connectivity index (χ0v) is 15.2. The van der Waals surface area contributed by atoms with Crippen molar-refractivity contribution >= 4 is 16.6 Å². The fraction of sp³-hybridized carbons (Fsp3) is 0.550. The smallest absolute Gasteiger partial charge is 0.162 e. The Labute approximate surface area is 149 Å². The van der Waals surface area contributed by atoms with Gasteiger partial charge in [-0.2, -0.15) is 0 Å². The summed E-state index contributed by atoms with van der Waals surface area (Å²) in [6.45, 7) is 3.27. The van der Waals surface area contributed by atoms with E-state index in [-0.39, 0.29) is 0 Å². The Kier molecular flexibility index (Phi) is 4.66. The molecule has 134 valence electrons. The number of ether oxygens (including phenoxy) is 2. The van der Waals surface area contributed by atoms with Gasteiger partial charge in [0.25, 0.3) is 0 Å². The molecule has 5 heteroatoms. The number of methoxy groups -OCH3 is 2. The minimum absolute atomic E-state index is 0.689. The highest BCUT2D eigenvalue weighted by atomic mass is 16.5. The van der Waals surface area contributed by atoms with Gasteiger partial charge in [-0.25, -0.2) is 0 Å². The Morgan fingerprint density at radius 3 is 2.76 bits per heavy atom. The van der Waals surface area contributed by atoms with Crippen molar-refractivity contribution in [2.45, 2.75) is 32.1 Å². The maximum atomic E-state index is 5.52. The topological polar surface area (TPSA) is 55.4 Å². The van der Waals surface area contributed by atoms with Crippen molar-refractivity contribution in [1.29, 1.82) is 0 Å². The third-order valence-electron chi connectivity index (χ3n) is 5.48. The molecule has 2 N–H and O–H groups in total. The van der Waals surface area contributed by atoms with Gasteiger partial charge in [-0.3, -0.25) is 4.98 Å². The molecule has 1 atom stereocenters. The first-order valence-electron chi connectivity index (χ1n) is 9.32. The number of rotatable bonds is 5. The first kappa shape index (κ1) is 16.5. The van der Waals surface area contributed by atoms with Crippen molar-refractivity contribution in [3.05, 3.63) is 23.4 Å². The summed E-state index contributed by atoms with van der Waals surface area (Å²) in [5, 5.41) is 8.42. The molecule has 25 heavy (non-hydrogen) atoms. The van der Waals surface area contributed by atoms with Gasteiger partial charge >= 0.3 is 0 Å². The van der Waals surface area contributed by atoms with Gasteiger partial charge in [0.2, 0.25) is 0 Å². The molecule has 0 saturated carbocycles. The summed E-state index contributed by atoms with van der Waals surface area (Å²) in [6.07, 6.45) is 5.93. The predicted molar refractivity (Wildman–Crippen MR) is 101 cm³/mol.